The van der Waals surface area contributed by atoms with Crippen LogP contribution in [0.2, 0.25) is 5.02 Å². The summed E-state index contributed by atoms with van der Waals surface area (Å²) < 4.78 is 11.1. The number of benzene rings is 1. The van der Waals surface area contributed by atoms with Gasteiger partial charge < -0.3 is 19.7 Å². The highest BCUT2D eigenvalue weighted by Crippen LogP contribution is 2.38. The minimum Gasteiger partial charge on any atom is -0.479 e. The average molecular weight is 356 g/mol. The van der Waals surface area contributed by atoms with Crippen LogP contribution in [0.4, 0.5) is 0 Å². The SMILES string of the molecule is CC1(C)O[C@@H](C(=O)O)[C@H](C(O)N2CCCC2c2cccc(Cl)c2)O1. The zero-order valence-electron chi connectivity index (χ0n) is 13.7. The first-order chi connectivity index (χ1) is 11.3. The lowest BCUT2D eigenvalue weighted by Crippen LogP contribution is -2.49. The molecule has 2 aliphatic heterocycles. The predicted octanol–water partition coefficient (Wildman–Crippen LogP) is 2.40. The van der Waals surface area contributed by atoms with Crippen LogP contribution >= 0.6 is 11.6 Å². The Labute approximate surface area is 145 Å². The Morgan fingerprint density at radius 2 is 2.17 bits per heavy atom. The van der Waals surface area contributed by atoms with E-state index in [0.29, 0.717) is 11.6 Å². The Kier molecular flexibility index (Phi) is 4.86. The summed E-state index contributed by atoms with van der Waals surface area (Å²) in [5, 5.41) is 20.8. The Bertz CT molecular complexity index is 623. The zero-order valence-corrected chi connectivity index (χ0v) is 14.4. The van der Waals surface area contributed by atoms with Crippen molar-refractivity contribution in [1.29, 1.82) is 0 Å². The van der Waals surface area contributed by atoms with Crippen LogP contribution in [0.5, 0.6) is 0 Å². The molecule has 132 valence electrons. The number of nitrogens with zero attached hydrogens (tertiary/aromatic N) is 1. The number of aliphatic carboxylic acids is 1. The third-order valence-electron chi connectivity index (χ3n) is 4.53. The van der Waals surface area contributed by atoms with Crippen molar-refractivity contribution in [2.75, 3.05) is 6.54 Å². The first kappa shape index (κ1) is 17.6. The molecular formula is C17H22ClNO5. The number of carboxylic acid groups (broad SMARTS) is 1. The molecule has 2 unspecified atom stereocenters. The van der Waals surface area contributed by atoms with Gasteiger partial charge in [0.05, 0.1) is 0 Å². The van der Waals surface area contributed by atoms with Crippen LogP contribution < -0.4 is 0 Å². The standard InChI is InChI=1S/C17H22ClNO5/c1-17(2)23-13(14(24-17)16(21)22)15(20)19-8-4-7-12(19)10-5-3-6-11(18)9-10/h3,5-6,9,12-15,20H,4,7-8H2,1-2H3,(H,21,22)/t12?,13-,14-,15?/m1/s1. The first-order valence-corrected chi connectivity index (χ1v) is 8.44. The van der Waals surface area contributed by atoms with Gasteiger partial charge in [-0.3, -0.25) is 4.90 Å². The quantitative estimate of drug-likeness (QED) is 0.863. The smallest absolute Gasteiger partial charge is 0.335 e. The molecule has 0 spiro atoms. The molecule has 0 saturated carbocycles. The molecule has 1 aromatic carbocycles. The summed E-state index contributed by atoms with van der Waals surface area (Å²) in [7, 11) is 0. The first-order valence-electron chi connectivity index (χ1n) is 8.06. The predicted molar refractivity (Wildman–Crippen MR) is 87.6 cm³/mol. The molecule has 2 saturated heterocycles. The van der Waals surface area contributed by atoms with Gasteiger partial charge in [0.1, 0.15) is 12.3 Å². The van der Waals surface area contributed by atoms with E-state index in [0.717, 1.165) is 18.4 Å². The molecule has 2 N–H and O–H groups in total. The molecule has 7 heteroatoms. The third kappa shape index (κ3) is 3.43. The van der Waals surface area contributed by atoms with Gasteiger partial charge in [0.25, 0.3) is 0 Å². The van der Waals surface area contributed by atoms with Crippen LogP contribution in [0, 0.1) is 0 Å². The van der Waals surface area contributed by atoms with E-state index < -0.39 is 30.2 Å². The molecule has 0 aromatic heterocycles. The number of hydrogen-bond donors (Lipinski definition) is 2. The van der Waals surface area contributed by atoms with Crippen LogP contribution in [-0.2, 0) is 14.3 Å². The number of carbonyl (C=O) groups is 1. The van der Waals surface area contributed by atoms with Gasteiger partial charge in [-0.15, -0.1) is 0 Å². The van der Waals surface area contributed by atoms with Gasteiger partial charge in [-0.05, 0) is 44.4 Å². The molecule has 2 heterocycles. The number of aliphatic hydroxyl groups excluding tert-OH is 1. The molecule has 0 amide bonds. The maximum absolute atomic E-state index is 11.5. The Morgan fingerprint density at radius 3 is 2.83 bits per heavy atom. The van der Waals surface area contributed by atoms with E-state index >= 15 is 0 Å². The largest absolute Gasteiger partial charge is 0.479 e. The molecule has 2 aliphatic rings. The lowest BCUT2D eigenvalue weighted by molar-refractivity contribution is -0.173. The van der Waals surface area contributed by atoms with Crippen LogP contribution in [0.25, 0.3) is 0 Å². The molecule has 2 fully saturated rings. The third-order valence-corrected chi connectivity index (χ3v) is 4.77. The summed E-state index contributed by atoms with van der Waals surface area (Å²) in [6, 6.07) is 7.49. The van der Waals surface area contributed by atoms with E-state index in [1.54, 1.807) is 19.9 Å². The van der Waals surface area contributed by atoms with E-state index in [1.165, 1.54) is 0 Å². The van der Waals surface area contributed by atoms with Gasteiger partial charge in [0, 0.05) is 17.6 Å². The summed E-state index contributed by atoms with van der Waals surface area (Å²) in [4.78, 5) is 13.3. The van der Waals surface area contributed by atoms with Gasteiger partial charge in [0.15, 0.2) is 11.9 Å². The fourth-order valence-corrected chi connectivity index (χ4v) is 3.76. The monoisotopic (exact) mass is 355 g/mol. The number of hydrogen-bond acceptors (Lipinski definition) is 5. The van der Waals surface area contributed by atoms with Crippen LogP contribution in [0.15, 0.2) is 24.3 Å². The zero-order chi connectivity index (χ0) is 17.5. The van der Waals surface area contributed by atoms with E-state index in [2.05, 4.69) is 0 Å². The van der Waals surface area contributed by atoms with Gasteiger partial charge in [-0.2, -0.15) is 0 Å². The van der Waals surface area contributed by atoms with Gasteiger partial charge in [-0.25, -0.2) is 4.79 Å². The van der Waals surface area contributed by atoms with Gasteiger partial charge in [0.2, 0.25) is 0 Å². The Balaban J connectivity index is 1.83. The number of rotatable bonds is 4. The molecule has 0 aliphatic carbocycles. The number of ether oxygens (including phenoxy) is 2. The number of likely N-dealkylation sites (tertiary alicyclic amines) is 1. The van der Waals surface area contributed by atoms with Crippen molar-refractivity contribution in [3.05, 3.63) is 34.9 Å². The second-order valence-corrected chi connectivity index (χ2v) is 7.16. The maximum atomic E-state index is 11.5. The van der Waals surface area contributed by atoms with Crippen molar-refractivity contribution < 1.29 is 24.5 Å². The van der Waals surface area contributed by atoms with Crippen molar-refractivity contribution in [3.8, 4) is 0 Å². The Hall–Kier alpha value is -1.18. The molecule has 24 heavy (non-hydrogen) atoms. The second-order valence-electron chi connectivity index (χ2n) is 6.72. The summed E-state index contributed by atoms with van der Waals surface area (Å²) in [6.45, 7) is 3.95. The molecule has 0 radical (unpaired) electrons. The maximum Gasteiger partial charge on any atom is 0.335 e. The van der Waals surface area contributed by atoms with Crippen LogP contribution in [0.1, 0.15) is 38.3 Å². The van der Waals surface area contributed by atoms with Crippen molar-refractivity contribution in [2.45, 2.75) is 57.0 Å². The normalized spacial score (nSPS) is 31.2. The summed E-state index contributed by atoms with van der Waals surface area (Å²) in [5.74, 6) is -2.18. The molecule has 6 nitrogen and oxygen atoms in total. The molecule has 3 rings (SSSR count). The van der Waals surface area contributed by atoms with E-state index in [4.69, 9.17) is 21.1 Å². The lowest BCUT2D eigenvalue weighted by atomic mass is 10.0. The van der Waals surface area contributed by atoms with Crippen molar-refractivity contribution in [1.82, 2.24) is 4.90 Å². The minimum atomic E-state index is -1.20. The van der Waals surface area contributed by atoms with Crippen molar-refractivity contribution in [3.63, 3.8) is 0 Å². The highest BCUT2D eigenvalue weighted by atomic mass is 35.5. The van der Waals surface area contributed by atoms with Gasteiger partial charge >= 0.3 is 5.97 Å². The summed E-state index contributed by atoms with van der Waals surface area (Å²) >= 11 is 6.08. The van der Waals surface area contributed by atoms with E-state index in [1.807, 2.05) is 23.1 Å². The molecular weight excluding hydrogens is 334 g/mol. The Morgan fingerprint density at radius 1 is 1.42 bits per heavy atom. The number of carboxylic acids is 1. The fraction of sp³-hybridized carbons (Fsp3) is 0.588. The van der Waals surface area contributed by atoms with Gasteiger partial charge in [-0.1, -0.05) is 23.7 Å². The lowest BCUT2D eigenvalue weighted by Gasteiger charge is -2.33. The fourth-order valence-electron chi connectivity index (χ4n) is 3.56. The van der Waals surface area contributed by atoms with E-state index in [-0.39, 0.29) is 6.04 Å². The van der Waals surface area contributed by atoms with Crippen LogP contribution in [0.3, 0.4) is 0 Å². The molecule has 1 aromatic rings. The summed E-state index contributed by atoms with van der Waals surface area (Å²) in [5.41, 5.74) is 1.00. The average Bonchev–Trinajstić information content (AvgIpc) is 3.10. The number of aliphatic hydroxyl groups is 1. The topological polar surface area (TPSA) is 79.2 Å². The minimum absolute atomic E-state index is 0.0274. The highest BCUT2D eigenvalue weighted by molar-refractivity contribution is 6.30. The molecule has 4 atom stereocenters. The second kappa shape index (κ2) is 6.61. The van der Waals surface area contributed by atoms with Crippen molar-refractivity contribution >= 4 is 17.6 Å². The van der Waals surface area contributed by atoms with Crippen molar-refractivity contribution in [2.24, 2.45) is 0 Å². The van der Waals surface area contributed by atoms with E-state index in [9.17, 15) is 15.0 Å². The number of halogens is 1. The molecule has 0 bridgehead atoms. The summed E-state index contributed by atoms with van der Waals surface area (Å²) in [6.07, 6.45) is -1.44. The highest BCUT2D eigenvalue weighted by Gasteiger charge is 2.51. The van der Waals surface area contributed by atoms with Crippen LogP contribution in [-0.4, -0.2) is 51.8 Å².